The predicted octanol–water partition coefficient (Wildman–Crippen LogP) is 3.27. The third-order valence-corrected chi connectivity index (χ3v) is 3.80. The minimum Gasteiger partial charge on any atom is -0.469 e. The van der Waals surface area contributed by atoms with Crippen molar-refractivity contribution in [2.24, 2.45) is 10.7 Å². The number of ether oxygens (including phenoxy) is 1. The molecule has 1 rings (SSSR count). The normalized spacial score (nSPS) is 11.3. The summed E-state index contributed by atoms with van der Waals surface area (Å²) in [5.41, 5.74) is 9.59. The van der Waals surface area contributed by atoms with E-state index in [1.165, 1.54) is 18.2 Å². The number of benzene rings is 1. The molecule has 0 amide bonds. The van der Waals surface area contributed by atoms with Crippen molar-refractivity contribution in [3.05, 3.63) is 29.3 Å². The number of carbonyl (C=O) groups excluding carboxylic acids is 1. The van der Waals surface area contributed by atoms with Crippen molar-refractivity contribution >= 4 is 17.6 Å². The molecule has 0 aliphatic heterocycles. The van der Waals surface area contributed by atoms with Gasteiger partial charge >= 0.3 is 5.97 Å². The highest BCUT2D eigenvalue weighted by molar-refractivity contribution is 5.93. The first-order chi connectivity index (χ1) is 11.1. The molecule has 0 aromatic heterocycles. The zero-order valence-corrected chi connectivity index (χ0v) is 14.5. The SMILES string of the molecule is CCc1cccc(CC)c1NC(N)=NCCCCCC(=O)OC. The Labute approximate surface area is 139 Å². The van der Waals surface area contributed by atoms with Gasteiger partial charge in [-0.2, -0.15) is 0 Å². The summed E-state index contributed by atoms with van der Waals surface area (Å²) in [7, 11) is 1.41. The van der Waals surface area contributed by atoms with E-state index in [0.29, 0.717) is 18.9 Å². The fourth-order valence-electron chi connectivity index (χ4n) is 2.43. The number of carbonyl (C=O) groups is 1. The molecule has 0 radical (unpaired) electrons. The van der Waals surface area contributed by atoms with Crippen molar-refractivity contribution in [1.29, 1.82) is 0 Å². The number of aryl methyl sites for hydroxylation is 2. The Morgan fingerprint density at radius 2 is 1.83 bits per heavy atom. The molecule has 5 heteroatoms. The third kappa shape index (κ3) is 6.72. The van der Waals surface area contributed by atoms with Crippen LogP contribution < -0.4 is 11.1 Å². The molecule has 0 fully saturated rings. The van der Waals surface area contributed by atoms with Gasteiger partial charge in [0.2, 0.25) is 0 Å². The molecule has 0 spiro atoms. The van der Waals surface area contributed by atoms with E-state index in [4.69, 9.17) is 5.73 Å². The highest BCUT2D eigenvalue weighted by Gasteiger charge is 2.06. The van der Waals surface area contributed by atoms with E-state index in [0.717, 1.165) is 37.8 Å². The molecule has 0 saturated carbocycles. The minimum atomic E-state index is -0.155. The molecular formula is C18H29N3O2. The van der Waals surface area contributed by atoms with Gasteiger partial charge in [0.25, 0.3) is 0 Å². The Morgan fingerprint density at radius 1 is 1.17 bits per heavy atom. The summed E-state index contributed by atoms with van der Waals surface area (Å²) < 4.78 is 4.61. The molecular weight excluding hydrogens is 290 g/mol. The maximum Gasteiger partial charge on any atom is 0.305 e. The zero-order valence-electron chi connectivity index (χ0n) is 14.5. The Balaban J connectivity index is 2.46. The second kappa shape index (κ2) is 10.6. The van der Waals surface area contributed by atoms with Crippen molar-refractivity contribution in [3.8, 4) is 0 Å². The highest BCUT2D eigenvalue weighted by atomic mass is 16.5. The number of hydrogen-bond acceptors (Lipinski definition) is 3. The number of aliphatic imine (C=N–C) groups is 1. The van der Waals surface area contributed by atoms with Crippen LogP contribution in [0, 0.1) is 0 Å². The van der Waals surface area contributed by atoms with E-state index in [-0.39, 0.29) is 5.97 Å². The molecule has 0 aliphatic rings. The number of anilines is 1. The number of esters is 1. The summed E-state index contributed by atoms with van der Waals surface area (Å²) >= 11 is 0. The lowest BCUT2D eigenvalue weighted by molar-refractivity contribution is -0.140. The molecule has 1 aromatic carbocycles. The third-order valence-electron chi connectivity index (χ3n) is 3.80. The molecule has 0 unspecified atom stereocenters. The topological polar surface area (TPSA) is 76.7 Å². The predicted molar refractivity (Wildman–Crippen MR) is 95.8 cm³/mol. The lowest BCUT2D eigenvalue weighted by Gasteiger charge is -2.14. The molecule has 1 aromatic rings. The first-order valence-corrected chi connectivity index (χ1v) is 8.36. The van der Waals surface area contributed by atoms with Gasteiger partial charge in [-0.25, -0.2) is 0 Å². The molecule has 128 valence electrons. The van der Waals surface area contributed by atoms with Crippen molar-refractivity contribution in [3.63, 3.8) is 0 Å². The Kier molecular flexibility index (Phi) is 8.80. The summed E-state index contributed by atoms with van der Waals surface area (Å²) in [4.78, 5) is 15.4. The molecule has 5 nitrogen and oxygen atoms in total. The van der Waals surface area contributed by atoms with E-state index < -0.39 is 0 Å². The quantitative estimate of drug-likeness (QED) is 0.317. The molecule has 3 N–H and O–H groups in total. The molecule has 0 aliphatic carbocycles. The number of nitrogens with zero attached hydrogens (tertiary/aromatic N) is 1. The highest BCUT2D eigenvalue weighted by Crippen LogP contribution is 2.22. The van der Waals surface area contributed by atoms with Gasteiger partial charge in [-0.15, -0.1) is 0 Å². The minimum absolute atomic E-state index is 0.155. The van der Waals surface area contributed by atoms with Gasteiger partial charge < -0.3 is 15.8 Å². The average Bonchev–Trinajstić information content (AvgIpc) is 2.57. The van der Waals surface area contributed by atoms with E-state index in [1.54, 1.807) is 0 Å². The second-order valence-electron chi connectivity index (χ2n) is 5.44. The monoisotopic (exact) mass is 319 g/mol. The maximum atomic E-state index is 11.0. The number of rotatable bonds is 9. The van der Waals surface area contributed by atoms with E-state index >= 15 is 0 Å². The van der Waals surface area contributed by atoms with E-state index in [1.807, 2.05) is 0 Å². The summed E-state index contributed by atoms with van der Waals surface area (Å²) in [5.74, 6) is 0.298. The largest absolute Gasteiger partial charge is 0.469 e. The molecule has 0 atom stereocenters. The van der Waals surface area contributed by atoms with Crippen LogP contribution in [0.5, 0.6) is 0 Å². The smallest absolute Gasteiger partial charge is 0.305 e. The maximum absolute atomic E-state index is 11.0. The number of guanidine groups is 1. The van der Waals surface area contributed by atoms with Gasteiger partial charge in [0, 0.05) is 18.7 Å². The van der Waals surface area contributed by atoms with Gasteiger partial charge in [0.15, 0.2) is 5.96 Å². The number of methoxy groups -OCH3 is 1. The first kappa shape index (κ1) is 19.0. The molecule has 0 bridgehead atoms. The lowest BCUT2D eigenvalue weighted by atomic mass is 10.0. The lowest BCUT2D eigenvalue weighted by Crippen LogP contribution is -2.24. The van der Waals surface area contributed by atoms with Crippen molar-refractivity contribution in [2.45, 2.75) is 52.4 Å². The Hall–Kier alpha value is -2.04. The van der Waals surface area contributed by atoms with Crippen LogP contribution in [0.3, 0.4) is 0 Å². The fraction of sp³-hybridized carbons (Fsp3) is 0.556. The summed E-state index contributed by atoms with van der Waals surface area (Å²) in [6.45, 7) is 4.93. The zero-order chi connectivity index (χ0) is 17.1. The van der Waals surface area contributed by atoms with Crippen LogP contribution >= 0.6 is 0 Å². The summed E-state index contributed by atoms with van der Waals surface area (Å²) in [5, 5.41) is 3.25. The van der Waals surface area contributed by atoms with Crippen molar-refractivity contribution in [1.82, 2.24) is 0 Å². The van der Waals surface area contributed by atoms with Crippen LogP contribution in [0.25, 0.3) is 0 Å². The van der Waals surface area contributed by atoms with Crippen molar-refractivity contribution in [2.75, 3.05) is 19.0 Å². The van der Waals surface area contributed by atoms with Crippen LogP contribution in [0.1, 0.15) is 50.7 Å². The number of para-hydroxylation sites is 1. The summed E-state index contributed by atoms with van der Waals surface area (Å²) in [6.07, 6.45) is 5.06. The van der Waals surface area contributed by atoms with Crippen LogP contribution in [0.2, 0.25) is 0 Å². The van der Waals surface area contributed by atoms with Gasteiger partial charge in [0.1, 0.15) is 0 Å². The fourth-order valence-corrected chi connectivity index (χ4v) is 2.43. The molecule has 0 heterocycles. The van der Waals surface area contributed by atoms with E-state index in [9.17, 15) is 4.79 Å². The van der Waals surface area contributed by atoms with Gasteiger partial charge in [-0.1, -0.05) is 38.5 Å². The van der Waals surface area contributed by atoms with Gasteiger partial charge in [-0.05, 0) is 36.8 Å². The Morgan fingerprint density at radius 3 is 2.39 bits per heavy atom. The summed E-state index contributed by atoms with van der Waals surface area (Å²) in [6, 6.07) is 6.31. The van der Waals surface area contributed by atoms with Crippen LogP contribution in [-0.2, 0) is 22.4 Å². The number of hydrogen-bond donors (Lipinski definition) is 2. The first-order valence-electron chi connectivity index (χ1n) is 8.36. The number of nitrogens with one attached hydrogen (secondary N) is 1. The molecule has 0 saturated heterocycles. The van der Waals surface area contributed by atoms with Gasteiger partial charge in [0.05, 0.1) is 7.11 Å². The average molecular weight is 319 g/mol. The van der Waals surface area contributed by atoms with Crippen LogP contribution in [-0.4, -0.2) is 25.6 Å². The molecule has 23 heavy (non-hydrogen) atoms. The standard InChI is InChI=1S/C18H29N3O2/c1-4-14-10-9-11-15(5-2)17(14)21-18(19)20-13-8-6-7-12-16(22)23-3/h9-11H,4-8,12-13H2,1-3H3,(H3,19,20,21). The number of nitrogens with two attached hydrogens (primary N) is 1. The second-order valence-corrected chi connectivity index (χ2v) is 5.44. The van der Waals surface area contributed by atoms with E-state index in [2.05, 4.69) is 47.1 Å². The van der Waals surface area contributed by atoms with Gasteiger partial charge in [-0.3, -0.25) is 9.79 Å². The van der Waals surface area contributed by atoms with Crippen LogP contribution in [0.4, 0.5) is 5.69 Å². The van der Waals surface area contributed by atoms with Crippen molar-refractivity contribution < 1.29 is 9.53 Å². The Bertz CT molecular complexity index is 505. The number of unbranched alkanes of at least 4 members (excludes halogenated alkanes) is 2. The van der Waals surface area contributed by atoms with Crippen LogP contribution in [0.15, 0.2) is 23.2 Å².